The minimum Gasteiger partial charge on any atom is -0.462 e. The molecule has 0 amide bonds. The fourth-order valence-corrected chi connectivity index (χ4v) is 7.68. The molecule has 0 fully saturated rings. The van der Waals surface area contributed by atoms with Gasteiger partial charge in [0, 0.05) is 19.3 Å². The number of unbranched alkanes of at least 4 members (excludes halogenated alkanes) is 25. The molecule has 384 valence electrons. The van der Waals surface area contributed by atoms with E-state index in [2.05, 4.69) is 106 Å². The van der Waals surface area contributed by atoms with Gasteiger partial charge in [0.05, 0.1) is 0 Å². The van der Waals surface area contributed by atoms with E-state index in [1.54, 1.807) is 0 Å². The molecule has 0 aliphatic carbocycles. The van der Waals surface area contributed by atoms with Crippen molar-refractivity contribution in [2.75, 3.05) is 13.2 Å². The Hall–Kier alpha value is -3.41. The van der Waals surface area contributed by atoms with Crippen LogP contribution >= 0.6 is 0 Å². The summed E-state index contributed by atoms with van der Waals surface area (Å²) in [6, 6.07) is 0. The van der Waals surface area contributed by atoms with Crippen molar-refractivity contribution in [3.8, 4) is 0 Å². The molecule has 0 rings (SSSR count). The SMILES string of the molecule is CC/C=C\C/C=C\C/C=C\C/C=C\C/C=C\CCCC(=O)OCC(COC(=O)CCCCCCCCCCCCCCCCCC)OC(=O)CCCCCCC/C=C\C/C=C\CCCCCC. The Labute approximate surface area is 414 Å². The summed E-state index contributed by atoms with van der Waals surface area (Å²) in [7, 11) is 0. The number of carbonyl (C=O) groups is 3. The topological polar surface area (TPSA) is 78.9 Å². The smallest absolute Gasteiger partial charge is 0.306 e. The van der Waals surface area contributed by atoms with Crippen molar-refractivity contribution in [3.63, 3.8) is 0 Å². The number of hydrogen-bond acceptors (Lipinski definition) is 6. The van der Waals surface area contributed by atoms with E-state index in [-0.39, 0.29) is 37.5 Å². The molecule has 0 saturated carbocycles. The summed E-state index contributed by atoms with van der Waals surface area (Å²) >= 11 is 0. The van der Waals surface area contributed by atoms with E-state index in [0.29, 0.717) is 19.3 Å². The van der Waals surface area contributed by atoms with E-state index >= 15 is 0 Å². The molecule has 0 aromatic carbocycles. The number of allylic oxidation sites excluding steroid dienone is 14. The van der Waals surface area contributed by atoms with Gasteiger partial charge in [-0.25, -0.2) is 0 Å². The monoisotopic (exact) mass is 933 g/mol. The lowest BCUT2D eigenvalue weighted by Gasteiger charge is -2.18. The van der Waals surface area contributed by atoms with E-state index in [0.717, 1.165) is 103 Å². The number of esters is 3. The lowest BCUT2D eigenvalue weighted by molar-refractivity contribution is -0.167. The maximum atomic E-state index is 12.8. The summed E-state index contributed by atoms with van der Waals surface area (Å²) < 4.78 is 16.8. The number of ether oxygens (including phenoxy) is 3. The molecule has 0 N–H and O–H groups in total. The molecule has 0 spiro atoms. The average Bonchev–Trinajstić information content (AvgIpc) is 3.33. The molecule has 0 aromatic rings. The Bertz CT molecular complexity index is 1300. The van der Waals surface area contributed by atoms with Crippen molar-refractivity contribution in [2.24, 2.45) is 0 Å². The Balaban J connectivity index is 4.48. The third kappa shape index (κ3) is 53.4. The van der Waals surface area contributed by atoms with Crippen LogP contribution in [-0.4, -0.2) is 37.2 Å². The zero-order valence-electron chi connectivity index (χ0n) is 43.9. The molecule has 0 radical (unpaired) electrons. The second kappa shape index (κ2) is 55.2. The van der Waals surface area contributed by atoms with Gasteiger partial charge < -0.3 is 14.2 Å². The zero-order valence-corrected chi connectivity index (χ0v) is 43.9. The molecule has 6 heteroatoms. The van der Waals surface area contributed by atoms with Crippen LogP contribution in [0.4, 0.5) is 0 Å². The van der Waals surface area contributed by atoms with Gasteiger partial charge in [0.15, 0.2) is 6.10 Å². The van der Waals surface area contributed by atoms with Crippen LogP contribution in [0.1, 0.15) is 265 Å². The largest absolute Gasteiger partial charge is 0.462 e. The van der Waals surface area contributed by atoms with Gasteiger partial charge in [-0.05, 0) is 89.9 Å². The summed E-state index contributed by atoms with van der Waals surface area (Å²) in [6.07, 6.45) is 71.4. The van der Waals surface area contributed by atoms with E-state index in [1.807, 2.05) is 0 Å². The highest BCUT2D eigenvalue weighted by molar-refractivity contribution is 5.71. The summed E-state index contributed by atoms with van der Waals surface area (Å²) in [4.78, 5) is 38.1. The highest BCUT2D eigenvalue weighted by atomic mass is 16.6. The molecule has 0 saturated heterocycles. The lowest BCUT2D eigenvalue weighted by atomic mass is 10.0. The number of rotatable bonds is 50. The van der Waals surface area contributed by atoms with Crippen LogP contribution in [0.3, 0.4) is 0 Å². The molecule has 1 atom stereocenters. The molecule has 0 bridgehead atoms. The van der Waals surface area contributed by atoms with Gasteiger partial charge in [-0.3, -0.25) is 14.4 Å². The Morgan fingerprint density at radius 1 is 0.313 bits per heavy atom. The van der Waals surface area contributed by atoms with Gasteiger partial charge in [0.1, 0.15) is 13.2 Å². The third-order valence-electron chi connectivity index (χ3n) is 11.9. The van der Waals surface area contributed by atoms with E-state index in [9.17, 15) is 14.4 Å². The van der Waals surface area contributed by atoms with Crippen LogP contribution in [0.25, 0.3) is 0 Å². The van der Waals surface area contributed by atoms with E-state index in [1.165, 1.54) is 116 Å². The average molecular weight is 933 g/mol. The Morgan fingerprint density at radius 3 is 0.985 bits per heavy atom. The first-order valence-electron chi connectivity index (χ1n) is 28.1. The quantitative estimate of drug-likeness (QED) is 0.0262. The van der Waals surface area contributed by atoms with Crippen LogP contribution in [0, 0.1) is 0 Å². The maximum absolute atomic E-state index is 12.8. The number of hydrogen-bond donors (Lipinski definition) is 0. The van der Waals surface area contributed by atoms with Crippen LogP contribution in [0.5, 0.6) is 0 Å². The van der Waals surface area contributed by atoms with Crippen molar-refractivity contribution >= 4 is 17.9 Å². The maximum Gasteiger partial charge on any atom is 0.306 e. The van der Waals surface area contributed by atoms with Crippen LogP contribution in [0.15, 0.2) is 85.1 Å². The molecular formula is C61H104O6. The van der Waals surface area contributed by atoms with Gasteiger partial charge in [0.25, 0.3) is 0 Å². The minimum atomic E-state index is -0.806. The summed E-state index contributed by atoms with van der Waals surface area (Å²) in [5, 5.41) is 0. The minimum absolute atomic E-state index is 0.0982. The molecule has 0 aliphatic heterocycles. The molecule has 0 aromatic heterocycles. The van der Waals surface area contributed by atoms with Crippen molar-refractivity contribution < 1.29 is 28.6 Å². The Kier molecular flexibility index (Phi) is 52.4. The third-order valence-corrected chi connectivity index (χ3v) is 11.9. The van der Waals surface area contributed by atoms with Gasteiger partial charge in [-0.1, -0.05) is 241 Å². The molecule has 67 heavy (non-hydrogen) atoms. The van der Waals surface area contributed by atoms with Crippen LogP contribution in [0.2, 0.25) is 0 Å². The number of carbonyl (C=O) groups excluding carboxylic acids is 3. The fraction of sp³-hybridized carbons (Fsp3) is 0.721. The predicted octanol–water partition coefficient (Wildman–Crippen LogP) is 18.8. The fourth-order valence-electron chi connectivity index (χ4n) is 7.68. The molecule has 0 aliphatic rings. The van der Waals surface area contributed by atoms with Gasteiger partial charge in [-0.2, -0.15) is 0 Å². The Morgan fingerprint density at radius 2 is 0.597 bits per heavy atom. The normalized spacial score (nSPS) is 12.7. The highest BCUT2D eigenvalue weighted by Crippen LogP contribution is 2.15. The van der Waals surface area contributed by atoms with E-state index in [4.69, 9.17) is 14.2 Å². The second-order valence-corrected chi connectivity index (χ2v) is 18.5. The molecule has 1 unspecified atom stereocenters. The van der Waals surface area contributed by atoms with Gasteiger partial charge in [-0.15, -0.1) is 0 Å². The standard InChI is InChI=1S/C61H104O6/c1-4-7-10-13-16-19-22-25-28-31-34-36-39-42-45-48-51-54-60(63)66-57-58(67-61(64)55-52-49-46-43-40-37-33-30-27-24-21-18-15-12-9-6-3)56-65-59(62)53-50-47-44-41-38-35-32-29-26-23-20-17-14-11-8-5-2/h7,10,16,19,21,24-25,28,30,33-34,36,42,45,58H,4-6,8-9,11-15,17-18,20,22-23,26-27,29,31-32,35,37-41,43-44,46-57H2,1-3H3/b10-7-,19-16-,24-21-,28-25-,33-30-,36-34-,45-42-. The van der Waals surface area contributed by atoms with Gasteiger partial charge >= 0.3 is 17.9 Å². The van der Waals surface area contributed by atoms with Gasteiger partial charge in [0.2, 0.25) is 0 Å². The second-order valence-electron chi connectivity index (χ2n) is 18.5. The predicted molar refractivity (Wildman–Crippen MR) is 288 cm³/mol. The summed E-state index contributed by atoms with van der Waals surface area (Å²) in [5.74, 6) is -0.967. The van der Waals surface area contributed by atoms with Crippen molar-refractivity contribution in [1.82, 2.24) is 0 Å². The summed E-state index contributed by atoms with van der Waals surface area (Å²) in [5.41, 5.74) is 0. The molecule has 6 nitrogen and oxygen atoms in total. The van der Waals surface area contributed by atoms with Crippen molar-refractivity contribution in [1.29, 1.82) is 0 Å². The van der Waals surface area contributed by atoms with E-state index < -0.39 is 6.10 Å². The first kappa shape index (κ1) is 63.6. The zero-order chi connectivity index (χ0) is 48.6. The molecular weight excluding hydrogens is 829 g/mol. The molecule has 0 heterocycles. The van der Waals surface area contributed by atoms with Crippen molar-refractivity contribution in [2.45, 2.75) is 271 Å². The first-order valence-corrected chi connectivity index (χ1v) is 28.1. The van der Waals surface area contributed by atoms with Crippen molar-refractivity contribution in [3.05, 3.63) is 85.1 Å². The highest BCUT2D eigenvalue weighted by Gasteiger charge is 2.19. The lowest BCUT2D eigenvalue weighted by Crippen LogP contribution is -2.30. The van der Waals surface area contributed by atoms with Crippen LogP contribution in [-0.2, 0) is 28.6 Å². The first-order chi connectivity index (χ1) is 33.0. The van der Waals surface area contributed by atoms with Crippen LogP contribution < -0.4 is 0 Å². The summed E-state index contributed by atoms with van der Waals surface area (Å²) in [6.45, 7) is 6.46.